The summed E-state index contributed by atoms with van der Waals surface area (Å²) in [6.45, 7) is 4.34. The number of thioether (sulfide) groups is 1. The van der Waals surface area contributed by atoms with Crippen molar-refractivity contribution in [3.63, 3.8) is 0 Å². The number of hydrogen-bond acceptors (Lipinski definition) is 4. The van der Waals surface area contributed by atoms with Crippen molar-refractivity contribution in [1.29, 1.82) is 0 Å². The second kappa shape index (κ2) is 8.16. The van der Waals surface area contributed by atoms with E-state index in [1.807, 2.05) is 25.1 Å². The fourth-order valence-corrected chi connectivity index (χ4v) is 2.79. The van der Waals surface area contributed by atoms with E-state index in [9.17, 15) is 4.79 Å². The summed E-state index contributed by atoms with van der Waals surface area (Å²) in [4.78, 5) is 11.7. The van der Waals surface area contributed by atoms with Gasteiger partial charge in [0, 0.05) is 18.8 Å². The van der Waals surface area contributed by atoms with Crippen molar-refractivity contribution >= 4 is 18.0 Å². The second-order valence-electron chi connectivity index (χ2n) is 4.00. The third-order valence-electron chi connectivity index (χ3n) is 2.60. The Labute approximate surface area is 113 Å². The Balaban J connectivity index is 2.85. The van der Waals surface area contributed by atoms with Crippen LogP contribution in [-0.2, 0) is 9.53 Å². The lowest BCUT2D eigenvalue weighted by atomic mass is 10.2. The summed E-state index contributed by atoms with van der Waals surface area (Å²) in [5, 5.41) is 0.300. The van der Waals surface area contributed by atoms with Crippen molar-refractivity contribution in [2.24, 2.45) is 0 Å². The molecular weight excluding hydrogens is 248 g/mol. The van der Waals surface area contributed by atoms with Gasteiger partial charge in [-0.1, -0.05) is 19.1 Å². The molecule has 1 unspecified atom stereocenters. The molecule has 0 radical (unpaired) electrons. The molecule has 0 fully saturated rings. The van der Waals surface area contributed by atoms with E-state index in [2.05, 4.69) is 6.92 Å². The SMILES string of the molecule is CCC(CC=O)Sc1cccc(C)c1OCOC. The highest BCUT2D eigenvalue weighted by Crippen LogP contribution is 2.36. The van der Waals surface area contributed by atoms with Gasteiger partial charge < -0.3 is 14.3 Å². The molecule has 0 aliphatic heterocycles. The molecule has 0 aromatic heterocycles. The highest BCUT2D eigenvalue weighted by atomic mass is 32.2. The van der Waals surface area contributed by atoms with Crippen molar-refractivity contribution in [2.75, 3.05) is 13.9 Å². The van der Waals surface area contributed by atoms with Gasteiger partial charge in [-0.25, -0.2) is 0 Å². The van der Waals surface area contributed by atoms with E-state index in [0.29, 0.717) is 11.7 Å². The van der Waals surface area contributed by atoms with Crippen LogP contribution in [0.25, 0.3) is 0 Å². The van der Waals surface area contributed by atoms with Crippen LogP contribution in [0.4, 0.5) is 0 Å². The first-order valence-corrected chi connectivity index (χ1v) is 6.92. The topological polar surface area (TPSA) is 35.5 Å². The Hall–Kier alpha value is -1.00. The van der Waals surface area contributed by atoms with Crippen LogP contribution >= 0.6 is 11.8 Å². The van der Waals surface area contributed by atoms with Crippen molar-refractivity contribution in [3.8, 4) is 5.75 Å². The summed E-state index contributed by atoms with van der Waals surface area (Å²) < 4.78 is 10.6. The van der Waals surface area contributed by atoms with E-state index < -0.39 is 0 Å². The number of ether oxygens (including phenoxy) is 2. The lowest BCUT2D eigenvalue weighted by Crippen LogP contribution is -2.05. The Bertz CT molecular complexity index is 379. The van der Waals surface area contributed by atoms with Gasteiger partial charge in [0.25, 0.3) is 0 Å². The largest absolute Gasteiger partial charge is 0.466 e. The minimum Gasteiger partial charge on any atom is -0.466 e. The number of carbonyl (C=O) groups is 1. The molecule has 0 saturated carbocycles. The Morgan fingerprint density at radius 3 is 2.83 bits per heavy atom. The Morgan fingerprint density at radius 1 is 1.44 bits per heavy atom. The minimum absolute atomic E-state index is 0.239. The lowest BCUT2D eigenvalue weighted by Gasteiger charge is -2.16. The number of hydrogen-bond donors (Lipinski definition) is 0. The fourth-order valence-electron chi connectivity index (χ4n) is 1.61. The van der Waals surface area contributed by atoms with E-state index in [4.69, 9.17) is 9.47 Å². The quantitative estimate of drug-likeness (QED) is 0.411. The number of para-hydroxylation sites is 1. The first-order chi connectivity index (χ1) is 8.72. The third-order valence-corrected chi connectivity index (χ3v) is 4.04. The maximum Gasteiger partial charge on any atom is 0.188 e. The average molecular weight is 268 g/mol. The van der Waals surface area contributed by atoms with Crippen LogP contribution in [0.1, 0.15) is 25.3 Å². The van der Waals surface area contributed by atoms with Crippen LogP contribution in [0.2, 0.25) is 0 Å². The summed E-state index contributed by atoms with van der Waals surface area (Å²) in [6.07, 6.45) is 2.51. The Kier molecular flexibility index (Phi) is 6.83. The maximum absolute atomic E-state index is 10.6. The molecule has 0 aliphatic carbocycles. The molecular formula is C14H20O3S. The van der Waals surface area contributed by atoms with Crippen LogP contribution in [0, 0.1) is 6.92 Å². The van der Waals surface area contributed by atoms with Gasteiger partial charge in [0.15, 0.2) is 6.79 Å². The summed E-state index contributed by atoms with van der Waals surface area (Å²) >= 11 is 1.69. The fraction of sp³-hybridized carbons (Fsp3) is 0.500. The molecule has 1 rings (SSSR count). The molecule has 1 aromatic rings. The molecule has 0 spiro atoms. The van der Waals surface area contributed by atoms with Gasteiger partial charge >= 0.3 is 0 Å². The van der Waals surface area contributed by atoms with Crippen molar-refractivity contribution in [2.45, 2.75) is 36.8 Å². The van der Waals surface area contributed by atoms with Crippen molar-refractivity contribution in [1.82, 2.24) is 0 Å². The van der Waals surface area contributed by atoms with Gasteiger partial charge in [-0.2, -0.15) is 0 Å². The molecule has 0 heterocycles. The molecule has 100 valence electrons. The van der Waals surface area contributed by atoms with Crippen molar-refractivity contribution in [3.05, 3.63) is 23.8 Å². The molecule has 0 saturated heterocycles. The van der Waals surface area contributed by atoms with E-state index in [-0.39, 0.29) is 6.79 Å². The molecule has 1 atom stereocenters. The van der Waals surface area contributed by atoms with Gasteiger partial charge in [0.1, 0.15) is 12.0 Å². The average Bonchev–Trinajstić information content (AvgIpc) is 2.37. The van der Waals surface area contributed by atoms with E-state index in [1.54, 1.807) is 18.9 Å². The Morgan fingerprint density at radius 2 is 2.22 bits per heavy atom. The van der Waals surface area contributed by atoms with Gasteiger partial charge in [-0.15, -0.1) is 11.8 Å². The molecule has 0 amide bonds. The predicted octanol–water partition coefficient (Wildman–Crippen LogP) is 3.44. The van der Waals surface area contributed by atoms with Gasteiger partial charge in [-0.05, 0) is 25.0 Å². The first kappa shape index (κ1) is 15.1. The third kappa shape index (κ3) is 4.35. The molecule has 3 nitrogen and oxygen atoms in total. The monoisotopic (exact) mass is 268 g/mol. The van der Waals surface area contributed by atoms with Gasteiger partial charge in [0.05, 0.1) is 4.90 Å². The van der Waals surface area contributed by atoms with Crippen LogP contribution in [-0.4, -0.2) is 25.4 Å². The van der Waals surface area contributed by atoms with E-state index >= 15 is 0 Å². The molecule has 18 heavy (non-hydrogen) atoms. The molecule has 0 bridgehead atoms. The number of aldehydes is 1. The minimum atomic E-state index is 0.239. The zero-order valence-corrected chi connectivity index (χ0v) is 12.0. The first-order valence-electron chi connectivity index (χ1n) is 6.04. The normalized spacial score (nSPS) is 12.2. The van der Waals surface area contributed by atoms with E-state index in [0.717, 1.165) is 28.9 Å². The van der Waals surface area contributed by atoms with E-state index in [1.165, 1.54) is 0 Å². The van der Waals surface area contributed by atoms with Crippen LogP contribution in [0.5, 0.6) is 5.75 Å². The molecule has 4 heteroatoms. The van der Waals surface area contributed by atoms with Crippen LogP contribution in [0.3, 0.4) is 0 Å². The zero-order valence-electron chi connectivity index (χ0n) is 11.1. The van der Waals surface area contributed by atoms with Crippen molar-refractivity contribution < 1.29 is 14.3 Å². The summed E-state index contributed by atoms with van der Waals surface area (Å²) in [5.74, 6) is 0.855. The molecule has 0 aliphatic rings. The smallest absolute Gasteiger partial charge is 0.188 e. The standard InChI is InChI=1S/C14H20O3S/c1-4-12(8-9-15)18-13-7-5-6-11(2)14(13)17-10-16-3/h5-7,9,12H,4,8,10H2,1-3H3. The van der Waals surface area contributed by atoms with Gasteiger partial charge in [0.2, 0.25) is 0 Å². The number of carbonyl (C=O) groups excluding carboxylic acids is 1. The zero-order chi connectivity index (χ0) is 13.4. The lowest BCUT2D eigenvalue weighted by molar-refractivity contribution is -0.107. The molecule has 0 N–H and O–H groups in total. The predicted molar refractivity (Wildman–Crippen MR) is 74.3 cm³/mol. The van der Waals surface area contributed by atoms with Gasteiger partial charge in [-0.3, -0.25) is 0 Å². The highest BCUT2D eigenvalue weighted by molar-refractivity contribution is 8.00. The number of benzene rings is 1. The number of methoxy groups -OCH3 is 1. The number of aryl methyl sites for hydroxylation is 1. The maximum atomic E-state index is 10.6. The summed E-state index contributed by atoms with van der Waals surface area (Å²) in [7, 11) is 1.60. The highest BCUT2D eigenvalue weighted by Gasteiger charge is 2.13. The summed E-state index contributed by atoms with van der Waals surface area (Å²) in [5.41, 5.74) is 1.08. The van der Waals surface area contributed by atoms with Crippen LogP contribution < -0.4 is 4.74 Å². The second-order valence-corrected chi connectivity index (χ2v) is 5.35. The number of rotatable bonds is 8. The summed E-state index contributed by atoms with van der Waals surface area (Å²) in [6, 6.07) is 6.04. The molecule has 1 aromatic carbocycles. The van der Waals surface area contributed by atoms with Crippen LogP contribution in [0.15, 0.2) is 23.1 Å².